The first-order chi connectivity index (χ1) is 11.3. The lowest BCUT2D eigenvalue weighted by molar-refractivity contribution is 0.151. The summed E-state index contributed by atoms with van der Waals surface area (Å²) in [6, 6.07) is 5.83. The second kappa shape index (κ2) is 7.77. The van der Waals surface area contributed by atoms with E-state index in [2.05, 4.69) is 15.4 Å². The maximum absolute atomic E-state index is 5.46. The smallest absolute Gasteiger partial charge is 0.127 e. The number of piperidine rings is 1. The van der Waals surface area contributed by atoms with Crippen LogP contribution in [0.4, 0.5) is 0 Å². The molecule has 0 aliphatic carbocycles. The third-order valence-corrected chi connectivity index (χ3v) is 5.07. The van der Waals surface area contributed by atoms with Gasteiger partial charge in [0.25, 0.3) is 0 Å². The van der Waals surface area contributed by atoms with Crippen LogP contribution in [0.25, 0.3) is 10.4 Å². The molecule has 0 spiro atoms. The lowest BCUT2D eigenvalue weighted by Crippen LogP contribution is -2.41. The summed E-state index contributed by atoms with van der Waals surface area (Å²) in [5.41, 5.74) is 4.50. The largest absolute Gasteiger partial charge is 0.497 e. The zero-order valence-corrected chi connectivity index (χ0v) is 14.5. The van der Waals surface area contributed by atoms with E-state index in [0.717, 1.165) is 46.6 Å². The quantitative estimate of drug-likeness (QED) is 0.879. The van der Waals surface area contributed by atoms with Crippen molar-refractivity contribution >= 4 is 11.3 Å². The number of nitrogens with one attached hydrogen (secondary N) is 1. The number of benzene rings is 1. The number of hydrogen-bond donors (Lipinski definition) is 1. The van der Waals surface area contributed by atoms with E-state index < -0.39 is 0 Å². The highest BCUT2D eigenvalue weighted by Crippen LogP contribution is 2.36. The molecule has 3 rings (SSSR count). The molecular formula is C17H23N3O2S. The number of aromatic nitrogens is 1. The van der Waals surface area contributed by atoms with Crippen LogP contribution in [0.5, 0.6) is 11.5 Å². The summed E-state index contributed by atoms with van der Waals surface area (Å²) in [5.74, 6) is 1.66. The van der Waals surface area contributed by atoms with Crippen LogP contribution in [0.15, 0.2) is 24.4 Å². The number of methoxy groups -OCH3 is 2. The molecule has 0 radical (unpaired) electrons. The average molecular weight is 333 g/mol. The summed E-state index contributed by atoms with van der Waals surface area (Å²) in [6.07, 6.45) is 5.80. The van der Waals surface area contributed by atoms with E-state index in [1.165, 1.54) is 19.3 Å². The summed E-state index contributed by atoms with van der Waals surface area (Å²) < 4.78 is 10.8. The molecule has 1 aliphatic heterocycles. The second-order valence-corrected chi connectivity index (χ2v) is 6.68. The molecule has 1 aliphatic rings. The zero-order valence-electron chi connectivity index (χ0n) is 13.7. The molecule has 23 heavy (non-hydrogen) atoms. The molecule has 6 heteroatoms. The molecule has 0 atom stereocenters. The maximum Gasteiger partial charge on any atom is 0.127 e. The lowest BCUT2D eigenvalue weighted by atomic mass is 10.1. The number of ether oxygens (including phenoxy) is 2. The van der Waals surface area contributed by atoms with Crippen molar-refractivity contribution in [2.75, 3.05) is 27.3 Å². The molecule has 1 aromatic carbocycles. The van der Waals surface area contributed by atoms with Gasteiger partial charge in [-0.3, -0.25) is 0 Å². The van der Waals surface area contributed by atoms with Crippen molar-refractivity contribution in [3.05, 3.63) is 29.4 Å². The third-order valence-electron chi connectivity index (χ3n) is 4.04. The molecule has 1 saturated heterocycles. The van der Waals surface area contributed by atoms with Crippen LogP contribution in [-0.4, -0.2) is 37.3 Å². The highest BCUT2D eigenvalue weighted by molar-refractivity contribution is 7.15. The number of hydrogen-bond acceptors (Lipinski definition) is 6. The Morgan fingerprint density at radius 3 is 2.74 bits per heavy atom. The molecule has 5 nitrogen and oxygen atoms in total. The highest BCUT2D eigenvalue weighted by atomic mass is 32.1. The van der Waals surface area contributed by atoms with Crippen LogP contribution in [0.2, 0.25) is 0 Å². The molecule has 1 aromatic heterocycles. The summed E-state index contributed by atoms with van der Waals surface area (Å²) in [5, 5.41) is 3.38. The number of nitrogens with zero attached hydrogens (tertiary/aromatic N) is 2. The standard InChI is InChI=1S/C17H23N3O2S/c1-21-13-6-7-15(22-2)14(10-13)16-11-18-17(23-16)12-19-20-8-4-3-5-9-20/h6-7,10-11,19H,3-5,8-9,12H2,1-2H3. The summed E-state index contributed by atoms with van der Waals surface area (Å²) >= 11 is 1.69. The number of thiazole rings is 1. The van der Waals surface area contributed by atoms with E-state index in [-0.39, 0.29) is 0 Å². The minimum atomic E-state index is 0.775. The van der Waals surface area contributed by atoms with Crippen LogP contribution in [0, 0.1) is 0 Å². The summed E-state index contributed by atoms with van der Waals surface area (Å²) in [7, 11) is 3.36. The normalized spacial score (nSPS) is 15.6. The minimum absolute atomic E-state index is 0.775. The van der Waals surface area contributed by atoms with Gasteiger partial charge in [0.1, 0.15) is 16.5 Å². The molecule has 0 unspecified atom stereocenters. The Labute approximate surface area is 141 Å². The van der Waals surface area contributed by atoms with Gasteiger partial charge in [-0.1, -0.05) is 6.42 Å². The van der Waals surface area contributed by atoms with Crippen molar-refractivity contribution in [3.63, 3.8) is 0 Å². The first-order valence-corrected chi connectivity index (χ1v) is 8.77. The van der Waals surface area contributed by atoms with E-state index >= 15 is 0 Å². The Morgan fingerprint density at radius 1 is 1.17 bits per heavy atom. The van der Waals surface area contributed by atoms with Crippen LogP contribution in [-0.2, 0) is 6.54 Å². The first-order valence-electron chi connectivity index (χ1n) is 7.95. The Kier molecular flexibility index (Phi) is 5.48. The average Bonchev–Trinajstić information content (AvgIpc) is 3.09. The van der Waals surface area contributed by atoms with Gasteiger partial charge >= 0.3 is 0 Å². The molecule has 0 amide bonds. The van der Waals surface area contributed by atoms with E-state index in [4.69, 9.17) is 9.47 Å². The van der Waals surface area contributed by atoms with Gasteiger partial charge < -0.3 is 9.47 Å². The van der Waals surface area contributed by atoms with E-state index in [9.17, 15) is 0 Å². The van der Waals surface area contributed by atoms with E-state index in [1.807, 2.05) is 24.4 Å². The number of rotatable bonds is 6. The fourth-order valence-electron chi connectivity index (χ4n) is 2.75. The van der Waals surface area contributed by atoms with Gasteiger partial charge in [0, 0.05) is 24.8 Å². The Bertz CT molecular complexity index is 639. The molecular weight excluding hydrogens is 310 g/mol. The third kappa shape index (κ3) is 4.02. The van der Waals surface area contributed by atoms with Gasteiger partial charge in [0.2, 0.25) is 0 Å². The molecule has 0 saturated carbocycles. The minimum Gasteiger partial charge on any atom is -0.497 e. The monoisotopic (exact) mass is 333 g/mol. The predicted molar refractivity (Wildman–Crippen MR) is 92.9 cm³/mol. The van der Waals surface area contributed by atoms with Crippen LogP contribution < -0.4 is 14.9 Å². The lowest BCUT2D eigenvalue weighted by Gasteiger charge is -2.26. The van der Waals surface area contributed by atoms with Gasteiger partial charge in [-0.25, -0.2) is 15.4 Å². The van der Waals surface area contributed by atoms with Crippen LogP contribution >= 0.6 is 11.3 Å². The van der Waals surface area contributed by atoms with Crippen molar-refractivity contribution in [2.24, 2.45) is 0 Å². The topological polar surface area (TPSA) is 46.6 Å². The molecule has 0 bridgehead atoms. The Hall–Kier alpha value is -1.63. The molecule has 1 N–H and O–H groups in total. The van der Waals surface area contributed by atoms with Gasteiger partial charge in [-0.15, -0.1) is 11.3 Å². The van der Waals surface area contributed by atoms with E-state index in [1.54, 1.807) is 25.6 Å². The summed E-state index contributed by atoms with van der Waals surface area (Å²) in [6.45, 7) is 3.03. The van der Waals surface area contributed by atoms with Crippen molar-refractivity contribution in [2.45, 2.75) is 25.8 Å². The predicted octanol–water partition coefficient (Wildman–Crippen LogP) is 3.32. The van der Waals surface area contributed by atoms with Crippen LogP contribution in [0.3, 0.4) is 0 Å². The Morgan fingerprint density at radius 2 is 2.00 bits per heavy atom. The fraction of sp³-hybridized carbons (Fsp3) is 0.471. The molecule has 1 fully saturated rings. The molecule has 2 heterocycles. The molecule has 2 aromatic rings. The van der Waals surface area contributed by atoms with Gasteiger partial charge in [0.05, 0.1) is 25.6 Å². The fourth-order valence-corrected chi connectivity index (χ4v) is 3.63. The van der Waals surface area contributed by atoms with E-state index in [0.29, 0.717) is 0 Å². The van der Waals surface area contributed by atoms with Gasteiger partial charge in [-0.05, 0) is 31.0 Å². The van der Waals surface area contributed by atoms with Gasteiger partial charge in [0.15, 0.2) is 0 Å². The highest BCUT2D eigenvalue weighted by Gasteiger charge is 2.13. The number of hydrazine groups is 1. The first kappa shape index (κ1) is 16.2. The second-order valence-electron chi connectivity index (χ2n) is 5.57. The van der Waals surface area contributed by atoms with Crippen molar-refractivity contribution in [1.82, 2.24) is 15.4 Å². The van der Waals surface area contributed by atoms with Crippen LogP contribution in [0.1, 0.15) is 24.3 Å². The molecule has 124 valence electrons. The zero-order chi connectivity index (χ0) is 16.1. The maximum atomic E-state index is 5.46. The van der Waals surface area contributed by atoms with Crippen molar-refractivity contribution < 1.29 is 9.47 Å². The Balaban J connectivity index is 1.71. The van der Waals surface area contributed by atoms with Gasteiger partial charge in [-0.2, -0.15) is 0 Å². The van der Waals surface area contributed by atoms with Crippen molar-refractivity contribution in [1.29, 1.82) is 0 Å². The summed E-state index contributed by atoms with van der Waals surface area (Å²) in [4.78, 5) is 5.63. The SMILES string of the molecule is COc1ccc(OC)c(-c2cnc(CNN3CCCCC3)s2)c1. The van der Waals surface area contributed by atoms with Crippen molar-refractivity contribution in [3.8, 4) is 21.9 Å².